The van der Waals surface area contributed by atoms with Crippen LogP contribution in [0.5, 0.6) is 0 Å². The number of methoxy groups -OCH3 is 1. The number of ether oxygens (including phenoxy) is 2. The third-order valence-electron chi connectivity index (χ3n) is 21.4. The molecule has 3 amide bonds. The van der Waals surface area contributed by atoms with Gasteiger partial charge in [-0.05, 0) is 156 Å². The molecule has 6 bridgehead atoms. The Kier molecular flexibility index (Phi) is 16.2. The molecule has 8 aliphatic heterocycles. The molecule has 3 N–H and O–H groups in total. The number of benzene rings is 2. The lowest BCUT2D eigenvalue weighted by molar-refractivity contribution is -0.155. The van der Waals surface area contributed by atoms with Gasteiger partial charge in [0.1, 0.15) is 18.1 Å². The second-order valence-electron chi connectivity index (χ2n) is 27.8. The fraction of sp³-hybridized carbons (Fsp3) is 0.682. The number of halogens is 2. The Balaban J connectivity index is 0.853. The Labute approximate surface area is 494 Å². The first kappa shape index (κ1) is 57.9. The van der Waals surface area contributed by atoms with Crippen LogP contribution in [-0.2, 0) is 48.0 Å². The Hall–Kier alpha value is -5.11. The molecule has 18 heteroatoms. The standard InChI is InChI=1S/C66H90F2N10O6/c1-6-77-54-19-18-44-32-49(54)51(59(77)50-33-48(35-69-55(50)40(2)83-5)74-27-26-73-22-10-9-14-47(73)36-74)34-65(3,4)39-84-64(82)52-15-11-23-78(72-52)62(80)53(30-41-28-45(44)31-46(29-41)60(67)68)70-61(79)58(43-12-7-8-13-43)75-24-20-66(37-75)21-25-76(38-66)63(81)57-56(71-57)42-16-17-42/h18-19,28-29,31-32,35,40,42-43,47-48,52-53,56-58,60,71-72H,6-17,20-27,30,33-34,36-39H2,1-5H3,(H,70,79)/t40-,47+,48?,52-,53-,56+,57+,58-,66-/m0/s1. The zero-order valence-corrected chi connectivity index (χ0v) is 50.3. The number of rotatable bonds is 12. The number of cyclic esters (lactones) is 1. The van der Waals surface area contributed by atoms with Gasteiger partial charge in [0.25, 0.3) is 12.3 Å². The van der Waals surface area contributed by atoms with Crippen LogP contribution >= 0.6 is 0 Å². The first-order chi connectivity index (χ1) is 40.6. The highest BCUT2D eigenvalue weighted by Crippen LogP contribution is 2.47. The molecule has 2 saturated carbocycles. The van der Waals surface area contributed by atoms with Crippen LogP contribution in [0.1, 0.15) is 146 Å². The van der Waals surface area contributed by atoms with Gasteiger partial charge in [0.2, 0.25) is 11.8 Å². The molecule has 10 aliphatic rings. The lowest BCUT2D eigenvalue weighted by atomic mass is 9.83. The molecule has 9 atom stereocenters. The number of nitrogens with zero attached hydrogens (tertiary/aromatic N) is 7. The predicted molar refractivity (Wildman–Crippen MR) is 320 cm³/mol. The topological polar surface area (TPSA) is 166 Å². The third kappa shape index (κ3) is 11.5. The average molecular weight is 1160 g/mol. The lowest BCUT2D eigenvalue weighted by Crippen LogP contribution is -2.62. The van der Waals surface area contributed by atoms with E-state index in [9.17, 15) is 9.59 Å². The molecule has 3 aromatic rings. The van der Waals surface area contributed by atoms with Gasteiger partial charge in [0.05, 0.1) is 30.1 Å². The molecule has 9 heterocycles. The van der Waals surface area contributed by atoms with Crippen molar-refractivity contribution in [2.45, 2.75) is 192 Å². The van der Waals surface area contributed by atoms with Gasteiger partial charge >= 0.3 is 5.97 Å². The number of carbonyl (C=O) groups excluding carboxylic acids is 4. The molecular weight excluding hydrogens is 1070 g/mol. The van der Waals surface area contributed by atoms with E-state index in [1.807, 2.05) is 12.1 Å². The maximum atomic E-state index is 15.4. The van der Waals surface area contributed by atoms with Gasteiger partial charge in [-0.2, -0.15) is 0 Å². The molecule has 0 radical (unpaired) electrons. The monoisotopic (exact) mass is 1160 g/mol. The lowest BCUT2D eigenvalue weighted by Gasteiger charge is -2.46. The van der Waals surface area contributed by atoms with Crippen molar-refractivity contribution in [1.82, 2.24) is 45.2 Å². The second kappa shape index (κ2) is 23.5. The van der Waals surface area contributed by atoms with Crippen molar-refractivity contribution in [3.63, 3.8) is 0 Å². The quantitative estimate of drug-likeness (QED) is 0.119. The molecule has 16 nitrogen and oxygen atoms in total. The fourth-order valence-electron chi connectivity index (χ4n) is 16.5. The number of hydrogen-bond donors (Lipinski definition) is 3. The molecule has 454 valence electrons. The number of esters is 1. The van der Waals surface area contributed by atoms with E-state index in [1.165, 1.54) is 43.2 Å². The number of fused-ring (bicyclic) bond motifs is 7. The van der Waals surface area contributed by atoms with E-state index in [1.54, 1.807) is 13.2 Å². The summed E-state index contributed by atoms with van der Waals surface area (Å²) in [6.07, 6.45) is 12.9. The highest BCUT2D eigenvalue weighted by molar-refractivity contribution is 5.96. The van der Waals surface area contributed by atoms with E-state index in [0.717, 1.165) is 117 Å². The van der Waals surface area contributed by atoms with Gasteiger partial charge in [-0.15, -0.1) is 0 Å². The van der Waals surface area contributed by atoms with Crippen LogP contribution in [0.2, 0.25) is 0 Å². The molecule has 84 heavy (non-hydrogen) atoms. The van der Waals surface area contributed by atoms with E-state index in [2.05, 4.69) is 86.3 Å². The largest absolute Gasteiger partial charge is 0.464 e. The minimum absolute atomic E-state index is 0.0506. The predicted octanol–water partition coefficient (Wildman–Crippen LogP) is 7.91. The Bertz CT molecular complexity index is 3080. The minimum Gasteiger partial charge on any atom is -0.464 e. The summed E-state index contributed by atoms with van der Waals surface area (Å²) in [5.74, 6) is -0.211. The summed E-state index contributed by atoms with van der Waals surface area (Å²) in [5.41, 5.74) is 9.40. The molecule has 8 fully saturated rings. The highest BCUT2D eigenvalue weighted by atomic mass is 19.3. The molecule has 2 aromatic carbocycles. The van der Waals surface area contributed by atoms with E-state index in [0.29, 0.717) is 74.6 Å². The Morgan fingerprint density at radius 3 is 2.46 bits per heavy atom. The van der Waals surface area contributed by atoms with Crippen molar-refractivity contribution >= 4 is 46.4 Å². The number of carbonyl (C=O) groups is 4. The summed E-state index contributed by atoms with van der Waals surface area (Å²) in [6, 6.07) is 9.63. The van der Waals surface area contributed by atoms with E-state index >= 15 is 18.4 Å². The normalized spacial score (nSPS) is 30.8. The molecule has 13 rings (SSSR count). The van der Waals surface area contributed by atoms with E-state index < -0.39 is 41.8 Å². The Morgan fingerprint density at radius 1 is 0.881 bits per heavy atom. The van der Waals surface area contributed by atoms with Crippen molar-refractivity contribution in [1.29, 1.82) is 0 Å². The highest BCUT2D eigenvalue weighted by Gasteiger charge is 2.55. The van der Waals surface area contributed by atoms with Crippen molar-refractivity contribution in [3.8, 4) is 11.1 Å². The molecule has 1 spiro atoms. The summed E-state index contributed by atoms with van der Waals surface area (Å²) in [5, 5.41) is 9.17. The van der Waals surface area contributed by atoms with Crippen LogP contribution in [0, 0.1) is 22.7 Å². The first-order valence-electron chi connectivity index (χ1n) is 32.3. The summed E-state index contributed by atoms with van der Waals surface area (Å²) in [6.45, 7) is 16.5. The number of hydrogen-bond acceptors (Lipinski definition) is 12. The van der Waals surface area contributed by atoms with Gasteiger partial charge in [-0.25, -0.2) is 14.2 Å². The number of piperidine rings is 1. The van der Waals surface area contributed by atoms with Crippen LogP contribution in [0.25, 0.3) is 27.6 Å². The molecule has 1 aromatic heterocycles. The van der Waals surface area contributed by atoms with Gasteiger partial charge in [0, 0.05) is 123 Å². The zero-order valence-electron chi connectivity index (χ0n) is 50.3. The SMILES string of the molecule is CCn1c(C2=C([C@H](C)OC)N=CC(N3CCN4CCCC[C@@H]4C3)C2)c2c3cc(ccc31)-c1cc(cc(C(F)F)c1)C[C@H](NC(=O)[C@H](C1CCCC1)N1CC[C@]3(CCN(C(=O)[C@@H]4N[C@@H]4C4CC4)C3)C1)C(=O)N1CCC[C@H](N1)C(=O)OCC(C)(C)C2. The van der Waals surface area contributed by atoms with Gasteiger partial charge in [0.15, 0.2) is 0 Å². The summed E-state index contributed by atoms with van der Waals surface area (Å²) in [4.78, 5) is 73.7. The van der Waals surface area contributed by atoms with E-state index in [-0.39, 0.29) is 66.5 Å². The van der Waals surface area contributed by atoms with Crippen LogP contribution in [-0.4, -0.2) is 180 Å². The maximum Gasteiger partial charge on any atom is 0.324 e. The molecule has 1 unspecified atom stereocenters. The number of aromatic nitrogens is 1. The van der Waals surface area contributed by atoms with Gasteiger partial charge in [-0.1, -0.05) is 51.3 Å². The van der Waals surface area contributed by atoms with Gasteiger partial charge in [-0.3, -0.25) is 49.2 Å². The zero-order chi connectivity index (χ0) is 58.2. The van der Waals surface area contributed by atoms with E-state index in [4.69, 9.17) is 14.5 Å². The van der Waals surface area contributed by atoms with Crippen molar-refractivity contribution in [2.24, 2.45) is 27.7 Å². The second-order valence-corrected chi connectivity index (χ2v) is 27.8. The summed E-state index contributed by atoms with van der Waals surface area (Å²) in [7, 11) is 1.73. The number of likely N-dealkylation sites (tertiary alicyclic amines) is 2. The Morgan fingerprint density at radius 2 is 1.68 bits per heavy atom. The van der Waals surface area contributed by atoms with Crippen LogP contribution in [0.15, 0.2) is 47.1 Å². The average Bonchev–Trinajstić information content (AvgIpc) is 4.17. The van der Waals surface area contributed by atoms with Crippen molar-refractivity contribution in [2.75, 3.05) is 72.6 Å². The molecule has 6 saturated heterocycles. The number of piperazine rings is 1. The summed E-state index contributed by atoms with van der Waals surface area (Å²) >= 11 is 0. The van der Waals surface area contributed by atoms with Crippen LogP contribution < -0.4 is 16.1 Å². The third-order valence-corrected chi connectivity index (χ3v) is 21.4. The number of aliphatic imine (C=N–C) groups is 1. The van der Waals surface area contributed by atoms with Crippen LogP contribution in [0.3, 0.4) is 0 Å². The number of alkyl halides is 2. The number of amides is 3. The number of hydrazine groups is 1. The summed E-state index contributed by atoms with van der Waals surface area (Å²) < 4.78 is 45.7. The molecular formula is C66H90F2N10O6. The minimum atomic E-state index is -2.81. The number of nitrogens with one attached hydrogen (secondary N) is 3. The van der Waals surface area contributed by atoms with Crippen LogP contribution in [0.4, 0.5) is 8.78 Å². The van der Waals surface area contributed by atoms with Gasteiger partial charge < -0.3 is 24.3 Å². The molecule has 2 aliphatic carbocycles. The fourth-order valence-corrected chi connectivity index (χ4v) is 16.5. The maximum absolute atomic E-state index is 15.4. The van der Waals surface area contributed by atoms with Crippen molar-refractivity contribution < 1.29 is 37.4 Å². The first-order valence-corrected chi connectivity index (χ1v) is 32.3. The smallest absolute Gasteiger partial charge is 0.324 e. The number of aryl methyl sites for hydroxylation is 1. The van der Waals surface area contributed by atoms with Crippen molar-refractivity contribution in [3.05, 3.63) is 64.5 Å².